The van der Waals surface area contributed by atoms with Crippen LogP contribution in [0.5, 0.6) is 0 Å². The van der Waals surface area contributed by atoms with E-state index in [1.54, 1.807) is 11.3 Å². The molecule has 0 amide bonds. The van der Waals surface area contributed by atoms with E-state index in [4.69, 9.17) is 16.6 Å². The SMILES string of the molecule is CC(C)NC1CCN(c2nc3ccc(Cl)cc3s2)CC1. The molecule has 108 valence electrons. The van der Waals surface area contributed by atoms with Crippen LogP contribution in [0.25, 0.3) is 10.2 Å². The quantitative estimate of drug-likeness (QED) is 0.931. The van der Waals surface area contributed by atoms with E-state index in [1.807, 2.05) is 18.2 Å². The zero-order valence-corrected chi connectivity index (χ0v) is 13.5. The summed E-state index contributed by atoms with van der Waals surface area (Å²) in [4.78, 5) is 7.13. The third kappa shape index (κ3) is 3.08. The van der Waals surface area contributed by atoms with Gasteiger partial charge in [0.25, 0.3) is 0 Å². The number of nitrogens with one attached hydrogen (secondary N) is 1. The Bertz CT molecular complexity index is 588. The van der Waals surface area contributed by atoms with E-state index in [1.165, 1.54) is 17.5 Å². The zero-order chi connectivity index (χ0) is 14.1. The van der Waals surface area contributed by atoms with Gasteiger partial charge in [0, 0.05) is 30.2 Å². The molecule has 3 rings (SSSR count). The first kappa shape index (κ1) is 14.1. The summed E-state index contributed by atoms with van der Waals surface area (Å²) in [7, 11) is 0. The van der Waals surface area contributed by atoms with Crippen molar-refractivity contribution in [3.63, 3.8) is 0 Å². The Morgan fingerprint density at radius 1 is 1.35 bits per heavy atom. The summed E-state index contributed by atoms with van der Waals surface area (Å²) >= 11 is 7.78. The van der Waals surface area contributed by atoms with Crippen LogP contribution in [0.2, 0.25) is 5.02 Å². The number of hydrogen-bond acceptors (Lipinski definition) is 4. The van der Waals surface area contributed by atoms with Crippen LogP contribution in [0.15, 0.2) is 18.2 Å². The van der Waals surface area contributed by atoms with Crippen LogP contribution in [-0.2, 0) is 0 Å². The smallest absolute Gasteiger partial charge is 0.186 e. The predicted octanol–water partition coefficient (Wildman–Crippen LogP) is 3.92. The summed E-state index contributed by atoms with van der Waals surface area (Å²) in [6, 6.07) is 7.13. The molecule has 1 aromatic carbocycles. The lowest BCUT2D eigenvalue weighted by atomic mass is 10.0. The van der Waals surface area contributed by atoms with Crippen molar-refractivity contribution in [3.05, 3.63) is 23.2 Å². The molecule has 1 aromatic heterocycles. The van der Waals surface area contributed by atoms with Gasteiger partial charge < -0.3 is 10.2 Å². The molecule has 0 unspecified atom stereocenters. The number of halogens is 1. The predicted molar refractivity (Wildman–Crippen MR) is 88.1 cm³/mol. The van der Waals surface area contributed by atoms with Crippen molar-refractivity contribution >= 4 is 38.3 Å². The number of piperidine rings is 1. The second kappa shape index (κ2) is 5.88. The fraction of sp³-hybridized carbons (Fsp3) is 0.533. The molecule has 1 aliphatic heterocycles. The number of rotatable bonds is 3. The summed E-state index contributed by atoms with van der Waals surface area (Å²) in [6.07, 6.45) is 2.38. The zero-order valence-electron chi connectivity index (χ0n) is 11.9. The van der Waals surface area contributed by atoms with Crippen molar-refractivity contribution in [2.75, 3.05) is 18.0 Å². The van der Waals surface area contributed by atoms with Gasteiger partial charge >= 0.3 is 0 Å². The highest BCUT2D eigenvalue weighted by atomic mass is 35.5. The van der Waals surface area contributed by atoms with Crippen molar-refractivity contribution in [2.24, 2.45) is 0 Å². The van der Waals surface area contributed by atoms with Gasteiger partial charge in [-0.1, -0.05) is 36.8 Å². The van der Waals surface area contributed by atoms with Crippen molar-refractivity contribution in [1.82, 2.24) is 10.3 Å². The van der Waals surface area contributed by atoms with E-state index >= 15 is 0 Å². The number of aromatic nitrogens is 1. The number of nitrogens with zero attached hydrogens (tertiary/aromatic N) is 2. The van der Waals surface area contributed by atoms with Gasteiger partial charge in [0.05, 0.1) is 10.2 Å². The fourth-order valence-electron chi connectivity index (χ4n) is 2.73. The minimum absolute atomic E-state index is 0.566. The van der Waals surface area contributed by atoms with Crippen LogP contribution in [0.1, 0.15) is 26.7 Å². The Morgan fingerprint density at radius 3 is 2.80 bits per heavy atom. The molecular weight excluding hydrogens is 290 g/mol. The molecule has 3 nitrogen and oxygen atoms in total. The summed E-state index contributed by atoms with van der Waals surface area (Å²) < 4.78 is 1.18. The van der Waals surface area contributed by atoms with Crippen molar-refractivity contribution in [1.29, 1.82) is 0 Å². The number of thiazole rings is 1. The molecule has 1 N–H and O–H groups in total. The molecule has 0 saturated carbocycles. The molecule has 1 fully saturated rings. The number of anilines is 1. The molecule has 0 radical (unpaired) electrons. The van der Waals surface area contributed by atoms with E-state index in [2.05, 4.69) is 24.1 Å². The largest absolute Gasteiger partial charge is 0.348 e. The van der Waals surface area contributed by atoms with Gasteiger partial charge in [-0.25, -0.2) is 4.98 Å². The van der Waals surface area contributed by atoms with Gasteiger partial charge in [0.15, 0.2) is 5.13 Å². The Hall–Kier alpha value is -0.840. The molecule has 0 atom stereocenters. The van der Waals surface area contributed by atoms with Gasteiger partial charge in [-0.2, -0.15) is 0 Å². The molecule has 1 saturated heterocycles. The van der Waals surface area contributed by atoms with E-state index in [-0.39, 0.29) is 0 Å². The molecule has 0 aliphatic carbocycles. The highest BCUT2D eigenvalue weighted by molar-refractivity contribution is 7.22. The average molecular weight is 310 g/mol. The molecule has 0 spiro atoms. The van der Waals surface area contributed by atoms with Gasteiger partial charge in [-0.15, -0.1) is 0 Å². The molecule has 5 heteroatoms. The van der Waals surface area contributed by atoms with Crippen LogP contribution in [-0.4, -0.2) is 30.2 Å². The number of fused-ring (bicyclic) bond motifs is 1. The van der Waals surface area contributed by atoms with E-state index in [9.17, 15) is 0 Å². The maximum Gasteiger partial charge on any atom is 0.186 e. The molecule has 20 heavy (non-hydrogen) atoms. The second-order valence-corrected chi connectivity index (χ2v) is 7.14. The normalized spacial score (nSPS) is 17.3. The third-order valence-electron chi connectivity index (χ3n) is 3.67. The lowest BCUT2D eigenvalue weighted by Crippen LogP contribution is -2.44. The van der Waals surface area contributed by atoms with Crippen LogP contribution in [0.3, 0.4) is 0 Å². The van der Waals surface area contributed by atoms with Crippen LogP contribution >= 0.6 is 22.9 Å². The lowest BCUT2D eigenvalue weighted by molar-refractivity contribution is 0.387. The Morgan fingerprint density at radius 2 is 2.10 bits per heavy atom. The molecule has 2 aromatic rings. The number of hydrogen-bond donors (Lipinski definition) is 1. The third-order valence-corrected chi connectivity index (χ3v) is 4.99. The van der Waals surface area contributed by atoms with Gasteiger partial charge in [-0.3, -0.25) is 0 Å². The maximum absolute atomic E-state index is 6.04. The maximum atomic E-state index is 6.04. The average Bonchev–Trinajstić information content (AvgIpc) is 2.81. The number of benzene rings is 1. The first-order valence-corrected chi connectivity index (χ1v) is 8.38. The second-order valence-electron chi connectivity index (χ2n) is 5.69. The fourth-order valence-corrected chi connectivity index (χ4v) is 4.02. The van der Waals surface area contributed by atoms with E-state index in [0.29, 0.717) is 12.1 Å². The summed E-state index contributed by atoms with van der Waals surface area (Å²) in [5, 5.41) is 5.54. The first-order valence-electron chi connectivity index (χ1n) is 7.19. The first-order chi connectivity index (χ1) is 9.61. The summed E-state index contributed by atoms with van der Waals surface area (Å²) in [6.45, 7) is 6.59. The van der Waals surface area contributed by atoms with Crippen molar-refractivity contribution in [3.8, 4) is 0 Å². The summed E-state index contributed by atoms with van der Waals surface area (Å²) in [5.41, 5.74) is 1.05. The highest BCUT2D eigenvalue weighted by Crippen LogP contribution is 2.32. The molecule has 2 heterocycles. The molecular formula is C15H20ClN3S. The van der Waals surface area contributed by atoms with E-state index in [0.717, 1.165) is 28.8 Å². The highest BCUT2D eigenvalue weighted by Gasteiger charge is 2.21. The van der Waals surface area contributed by atoms with Crippen molar-refractivity contribution in [2.45, 2.75) is 38.8 Å². The van der Waals surface area contributed by atoms with Gasteiger partial charge in [-0.05, 0) is 31.0 Å². The van der Waals surface area contributed by atoms with Gasteiger partial charge in [0.1, 0.15) is 0 Å². The van der Waals surface area contributed by atoms with Crippen molar-refractivity contribution < 1.29 is 0 Å². The minimum Gasteiger partial charge on any atom is -0.348 e. The monoisotopic (exact) mass is 309 g/mol. The van der Waals surface area contributed by atoms with Gasteiger partial charge in [0.2, 0.25) is 0 Å². The minimum atomic E-state index is 0.566. The standard InChI is InChI=1S/C15H20ClN3S/c1-10(2)17-12-5-7-19(8-6-12)15-18-13-4-3-11(16)9-14(13)20-15/h3-4,9-10,12,17H,5-8H2,1-2H3. The van der Waals surface area contributed by atoms with Crippen LogP contribution < -0.4 is 10.2 Å². The Kier molecular flexibility index (Phi) is 4.15. The topological polar surface area (TPSA) is 28.2 Å². The van der Waals surface area contributed by atoms with E-state index < -0.39 is 0 Å². The molecule has 0 bridgehead atoms. The Balaban J connectivity index is 1.70. The molecule has 1 aliphatic rings. The van der Waals surface area contributed by atoms with Crippen LogP contribution in [0, 0.1) is 0 Å². The Labute approximate surface area is 128 Å². The lowest BCUT2D eigenvalue weighted by Gasteiger charge is -2.33. The van der Waals surface area contributed by atoms with Crippen LogP contribution in [0.4, 0.5) is 5.13 Å². The summed E-state index contributed by atoms with van der Waals surface area (Å²) in [5.74, 6) is 0.